The number of hydrogen-bond acceptors (Lipinski definition) is 5. The molecule has 5 nitrogen and oxygen atoms in total. The highest BCUT2D eigenvalue weighted by Crippen LogP contribution is 2.09. The second-order valence-corrected chi connectivity index (χ2v) is 6.89. The normalized spacial score (nSPS) is 11.7. The molecule has 0 aliphatic carbocycles. The first-order valence-electron chi connectivity index (χ1n) is 6.12. The van der Waals surface area contributed by atoms with Crippen molar-refractivity contribution in [1.29, 1.82) is 0 Å². The van der Waals surface area contributed by atoms with Gasteiger partial charge < -0.3 is 5.11 Å². The van der Waals surface area contributed by atoms with Gasteiger partial charge in [0.25, 0.3) is 0 Å². The standard InChI is InChI=1S/C13H16N2O3S2/c16-7-11-2-1-3-12(6-11)9-20(17,18)15-5-4-13-8-19-10-14-13/h1-3,6,8,10,15-16H,4-5,7,9H2. The topological polar surface area (TPSA) is 79.3 Å². The number of nitrogens with one attached hydrogen (secondary N) is 1. The number of hydrogen-bond donors (Lipinski definition) is 2. The number of sulfonamides is 1. The number of thiazole rings is 1. The van der Waals surface area contributed by atoms with Gasteiger partial charge in [0.1, 0.15) is 0 Å². The molecule has 0 atom stereocenters. The van der Waals surface area contributed by atoms with Gasteiger partial charge >= 0.3 is 0 Å². The van der Waals surface area contributed by atoms with Gasteiger partial charge in [0.15, 0.2) is 0 Å². The van der Waals surface area contributed by atoms with E-state index in [9.17, 15) is 8.42 Å². The number of rotatable bonds is 7. The van der Waals surface area contributed by atoms with Crippen molar-refractivity contribution in [3.8, 4) is 0 Å². The van der Waals surface area contributed by atoms with E-state index in [0.717, 1.165) is 5.69 Å². The summed E-state index contributed by atoms with van der Waals surface area (Å²) < 4.78 is 26.4. The van der Waals surface area contributed by atoms with E-state index in [0.29, 0.717) is 24.1 Å². The molecule has 0 saturated carbocycles. The van der Waals surface area contributed by atoms with Crippen LogP contribution in [-0.2, 0) is 28.8 Å². The van der Waals surface area contributed by atoms with Gasteiger partial charge in [-0.1, -0.05) is 24.3 Å². The second kappa shape index (κ2) is 6.94. The van der Waals surface area contributed by atoms with Gasteiger partial charge in [0.05, 0.1) is 23.6 Å². The first-order valence-corrected chi connectivity index (χ1v) is 8.71. The molecule has 0 saturated heterocycles. The minimum absolute atomic E-state index is 0.0854. The molecular formula is C13H16N2O3S2. The Kier molecular flexibility index (Phi) is 5.24. The summed E-state index contributed by atoms with van der Waals surface area (Å²) in [4.78, 5) is 4.10. The molecule has 1 aromatic heterocycles. The third kappa shape index (κ3) is 4.68. The largest absolute Gasteiger partial charge is 0.392 e. The van der Waals surface area contributed by atoms with E-state index in [1.54, 1.807) is 29.8 Å². The highest BCUT2D eigenvalue weighted by molar-refractivity contribution is 7.88. The lowest BCUT2D eigenvalue weighted by Crippen LogP contribution is -2.27. The second-order valence-electron chi connectivity index (χ2n) is 4.36. The molecule has 0 amide bonds. The van der Waals surface area contributed by atoms with E-state index in [1.807, 2.05) is 5.38 Å². The number of aliphatic hydroxyl groups is 1. The van der Waals surface area contributed by atoms with Crippen LogP contribution in [0.15, 0.2) is 35.2 Å². The van der Waals surface area contributed by atoms with Crippen LogP contribution in [0.5, 0.6) is 0 Å². The molecule has 0 aliphatic heterocycles. The van der Waals surface area contributed by atoms with Crippen molar-refractivity contribution in [3.63, 3.8) is 0 Å². The lowest BCUT2D eigenvalue weighted by atomic mass is 10.1. The highest BCUT2D eigenvalue weighted by atomic mass is 32.2. The van der Waals surface area contributed by atoms with Crippen molar-refractivity contribution in [2.45, 2.75) is 18.8 Å². The van der Waals surface area contributed by atoms with E-state index in [2.05, 4.69) is 9.71 Å². The Labute approximate surface area is 122 Å². The Morgan fingerprint density at radius 3 is 2.80 bits per heavy atom. The minimum atomic E-state index is -3.37. The summed E-state index contributed by atoms with van der Waals surface area (Å²) in [6.07, 6.45) is 0.583. The van der Waals surface area contributed by atoms with Crippen molar-refractivity contribution in [2.75, 3.05) is 6.54 Å². The summed E-state index contributed by atoms with van der Waals surface area (Å²) >= 11 is 1.49. The van der Waals surface area contributed by atoms with Crippen LogP contribution in [0.3, 0.4) is 0 Å². The van der Waals surface area contributed by atoms with Crippen LogP contribution < -0.4 is 4.72 Å². The quantitative estimate of drug-likeness (QED) is 0.807. The molecule has 108 valence electrons. The molecule has 0 unspecified atom stereocenters. The van der Waals surface area contributed by atoms with Crippen LogP contribution >= 0.6 is 11.3 Å². The first kappa shape index (κ1) is 15.1. The maximum Gasteiger partial charge on any atom is 0.215 e. The number of nitrogens with zero attached hydrogens (tertiary/aromatic N) is 1. The van der Waals surface area contributed by atoms with E-state index >= 15 is 0 Å². The minimum Gasteiger partial charge on any atom is -0.392 e. The summed E-state index contributed by atoms with van der Waals surface area (Å²) in [5.41, 5.74) is 3.99. The maximum atomic E-state index is 11.9. The Hall–Kier alpha value is -1.28. The van der Waals surface area contributed by atoms with Crippen molar-refractivity contribution < 1.29 is 13.5 Å². The van der Waals surface area contributed by atoms with Crippen LogP contribution in [-0.4, -0.2) is 25.1 Å². The number of aliphatic hydroxyl groups excluding tert-OH is 1. The molecule has 0 spiro atoms. The zero-order chi connectivity index (χ0) is 14.4. The fourth-order valence-corrected chi connectivity index (χ4v) is 3.51. The molecule has 2 rings (SSSR count). The van der Waals surface area contributed by atoms with Gasteiger partial charge in [-0.15, -0.1) is 11.3 Å². The van der Waals surface area contributed by atoms with Gasteiger partial charge in [-0.3, -0.25) is 0 Å². The maximum absolute atomic E-state index is 11.9. The molecule has 20 heavy (non-hydrogen) atoms. The molecule has 1 heterocycles. The van der Waals surface area contributed by atoms with E-state index in [-0.39, 0.29) is 12.4 Å². The monoisotopic (exact) mass is 312 g/mol. The predicted octanol–water partition coefficient (Wildman–Crippen LogP) is 1.30. The molecule has 0 fully saturated rings. The average molecular weight is 312 g/mol. The summed E-state index contributed by atoms with van der Waals surface area (Å²) in [5, 5.41) is 10.9. The molecule has 2 N–H and O–H groups in total. The van der Waals surface area contributed by atoms with Crippen LogP contribution in [0.1, 0.15) is 16.8 Å². The molecule has 7 heteroatoms. The lowest BCUT2D eigenvalue weighted by Gasteiger charge is -2.07. The van der Waals surface area contributed by atoms with Gasteiger partial charge in [-0.05, 0) is 11.1 Å². The molecule has 1 aromatic carbocycles. The fourth-order valence-electron chi connectivity index (χ4n) is 1.78. The SMILES string of the molecule is O=S(=O)(Cc1cccc(CO)c1)NCCc1cscn1. The molecule has 0 bridgehead atoms. The highest BCUT2D eigenvalue weighted by Gasteiger charge is 2.11. The summed E-state index contributed by atoms with van der Waals surface area (Å²) in [7, 11) is -3.37. The summed E-state index contributed by atoms with van der Waals surface area (Å²) in [6, 6.07) is 6.93. The van der Waals surface area contributed by atoms with Crippen LogP contribution in [0.4, 0.5) is 0 Å². The lowest BCUT2D eigenvalue weighted by molar-refractivity contribution is 0.282. The summed E-state index contributed by atoms with van der Waals surface area (Å²) in [5.74, 6) is -0.0854. The van der Waals surface area contributed by atoms with Gasteiger partial charge in [-0.2, -0.15) is 0 Å². The first-order chi connectivity index (χ1) is 9.59. The summed E-state index contributed by atoms with van der Waals surface area (Å²) in [6.45, 7) is 0.247. The molecule has 0 radical (unpaired) electrons. The van der Waals surface area contributed by atoms with Crippen LogP contribution in [0.2, 0.25) is 0 Å². The molecule has 2 aromatic rings. The fraction of sp³-hybridized carbons (Fsp3) is 0.308. The van der Waals surface area contributed by atoms with Crippen molar-refractivity contribution >= 4 is 21.4 Å². The van der Waals surface area contributed by atoms with Crippen LogP contribution in [0.25, 0.3) is 0 Å². The third-order valence-corrected chi connectivity index (χ3v) is 4.71. The van der Waals surface area contributed by atoms with Gasteiger partial charge in [0, 0.05) is 18.3 Å². The van der Waals surface area contributed by atoms with E-state index < -0.39 is 10.0 Å². The molecule has 0 aliphatic rings. The Balaban J connectivity index is 1.89. The van der Waals surface area contributed by atoms with Crippen LogP contribution in [0, 0.1) is 0 Å². The Morgan fingerprint density at radius 1 is 1.30 bits per heavy atom. The zero-order valence-corrected chi connectivity index (χ0v) is 12.5. The molecular weight excluding hydrogens is 296 g/mol. The van der Waals surface area contributed by atoms with Crippen molar-refractivity contribution in [1.82, 2.24) is 9.71 Å². The predicted molar refractivity (Wildman–Crippen MR) is 78.8 cm³/mol. The van der Waals surface area contributed by atoms with Crippen molar-refractivity contribution in [2.24, 2.45) is 0 Å². The number of aromatic nitrogens is 1. The Bertz CT molecular complexity index is 639. The van der Waals surface area contributed by atoms with Gasteiger partial charge in [-0.25, -0.2) is 18.1 Å². The van der Waals surface area contributed by atoms with E-state index in [4.69, 9.17) is 5.11 Å². The Morgan fingerprint density at radius 2 is 2.10 bits per heavy atom. The van der Waals surface area contributed by atoms with Gasteiger partial charge in [0.2, 0.25) is 10.0 Å². The van der Waals surface area contributed by atoms with Crippen molar-refractivity contribution in [3.05, 3.63) is 52.0 Å². The third-order valence-electron chi connectivity index (χ3n) is 2.72. The smallest absolute Gasteiger partial charge is 0.215 e. The number of benzene rings is 1. The van der Waals surface area contributed by atoms with E-state index in [1.165, 1.54) is 11.3 Å². The zero-order valence-electron chi connectivity index (χ0n) is 10.8. The average Bonchev–Trinajstić information content (AvgIpc) is 2.91.